The molecule has 1 aliphatic heterocycles. The molecular weight excluding hydrogens is 232 g/mol. The first kappa shape index (κ1) is 13.2. The lowest BCUT2D eigenvalue weighted by Gasteiger charge is -2.38. The molecule has 2 fully saturated rings. The van der Waals surface area contributed by atoms with Crippen molar-refractivity contribution in [3.05, 3.63) is 0 Å². The van der Waals surface area contributed by atoms with E-state index in [1.54, 1.807) is 0 Å². The third-order valence-corrected chi connectivity index (χ3v) is 5.77. The Kier molecular flexibility index (Phi) is 4.03. The molecule has 0 radical (unpaired) electrons. The molecule has 4 heteroatoms. The van der Waals surface area contributed by atoms with Gasteiger partial charge in [-0.25, -0.2) is 0 Å². The molecule has 0 aromatic heterocycles. The maximum Gasteiger partial charge on any atom is 0.230 e. The monoisotopic (exact) mass is 256 g/mol. The fraction of sp³-hybridized carbons (Fsp3) is 0.923. The average molecular weight is 256 g/mol. The first-order valence-electron chi connectivity index (χ1n) is 6.74. The third-order valence-electron chi connectivity index (χ3n) is 4.40. The minimum atomic E-state index is -0.291. The minimum Gasteiger partial charge on any atom is -0.340 e. The smallest absolute Gasteiger partial charge is 0.230 e. The second-order valence-corrected chi connectivity index (χ2v) is 6.98. The lowest BCUT2D eigenvalue weighted by molar-refractivity contribution is -0.141. The number of thioether (sulfide) groups is 1. The van der Waals surface area contributed by atoms with Crippen LogP contribution in [0.2, 0.25) is 0 Å². The van der Waals surface area contributed by atoms with Crippen molar-refractivity contribution in [1.29, 1.82) is 0 Å². The van der Waals surface area contributed by atoms with Crippen molar-refractivity contribution in [2.45, 2.75) is 50.8 Å². The van der Waals surface area contributed by atoms with Crippen molar-refractivity contribution in [2.75, 3.05) is 18.8 Å². The molecule has 3 nitrogen and oxygen atoms in total. The van der Waals surface area contributed by atoms with Crippen molar-refractivity contribution in [3.8, 4) is 0 Å². The summed E-state index contributed by atoms with van der Waals surface area (Å²) >= 11 is 2.00. The summed E-state index contributed by atoms with van der Waals surface area (Å²) in [5.41, 5.74) is 5.84. The standard InChI is InChI=1S/C13H24N2OS/c1-3-10-9-15(7-8-17-10)12(16)13(2)6-4-5-11(13)14/h10-11H,3-9,14H2,1-2H3. The van der Waals surface area contributed by atoms with Gasteiger partial charge in [-0.2, -0.15) is 11.8 Å². The van der Waals surface area contributed by atoms with Crippen LogP contribution in [0.15, 0.2) is 0 Å². The van der Waals surface area contributed by atoms with Gasteiger partial charge in [-0.15, -0.1) is 0 Å². The number of amides is 1. The Hall–Kier alpha value is -0.220. The Morgan fingerprint density at radius 3 is 2.94 bits per heavy atom. The van der Waals surface area contributed by atoms with E-state index in [0.717, 1.165) is 44.5 Å². The summed E-state index contributed by atoms with van der Waals surface area (Å²) in [4.78, 5) is 14.7. The molecule has 0 aromatic carbocycles. The van der Waals surface area contributed by atoms with E-state index >= 15 is 0 Å². The summed E-state index contributed by atoms with van der Waals surface area (Å²) in [6.07, 6.45) is 4.22. The number of carbonyl (C=O) groups is 1. The molecule has 2 rings (SSSR count). The summed E-state index contributed by atoms with van der Waals surface area (Å²) in [6, 6.07) is 0.0599. The minimum absolute atomic E-state index is 0.0599. The van der Waals surface area contributed by atoms with E-state index in [4.69, 9.17) is 5.73 Å². The van der Waals surface area contributed by atoms with E-state index in [-0.39, 0.29) is 11.5 Å². The van der Waals surface area contributed by atoms with E-state index in [9.17, 15) is 4.79 Å². The number of hydrogen-bond acceptors (Lipinski definition) is 3. The van der Waals surface area contributed by atoms with Crippen molar-refractivity contribution in [2.24, 2.45) is 11.1 Å². The van der Waals surface area contributed by atoms with E-state index in [0.29, 0.717) is 11.2 Å². The number of nitrogens with zero attached hydrogens (tertiary/aromatic N) is 1. The lowest BCUT2D eigenvalue weighted by atomic mass is 9.83. The topological polar surface area (TPSA) is 46.3 Å². The highest BCUT2D eigenvalue weighted by Gasteiger charge is 2.45. The average Bonchev–Trinajstić information content (AvgIpc) is 2.70. The van der Waals surface area contributed by atoms with Crippen LogP contribution >= 0.6 is 11.8 Å². The summed E-state index contributed by atoms with van der Waals surface area (Å²) < 4.78 is 0. The first-order chi connectivity index (χ1) is 8.08. The van der Waals surface area contributed by atoms with Gasteiger partial charge in [0.15, 0.2) is 0 Å². The van der Waals surface area contributed by atoms with E-state index < -0.39 is 0 Å². The Bertz CT molecular complexity index is 297. The zero-order valence-electron chi connectivity index (χ0n) is 10.9. The summed E-state index contributed by atoms with van der Waals surface area (Å²) in [6.45, 7) is 6.09. The zero-order valence-corrected chi connectivity index (χ0v) is 11.8. The predicted molar refractivity (Wildman–Crippen MR) is 73.1 cm³/mol. The third kappa shape index (κ3) is 2.48. The number of rotatable bonds is 2. The summed E-state index contributed by atoms with van der Waals surface area (Å²) in [7, 11) is 0. The van der Waals surface area contributed by atoms with Gasteiger partial charge < -0.3 is 10.6 Å². The number of carbonyl (C=O) groups excluding carboxylic acids is 1. The Balaban J connectivity index is 2.04. The molecule has 3 unspecified atom stereocenters. The van der Waals surface area contributed by atoms with Gasteiger partial charge in [0.1, 0.15) is 0 Å². The van der Waals surface area contributed by atoms with Gasteiger partial charge in [0, 0.05) is 30.1 Å². The molecular formula is C13H24N2OS. The van der Waals surface area contributed by atoms with Crippen molar-refractivity contribution in [1.82, 2.24) is 4.90 Å². The zero-order chi connectivity index (χ0) is 12.5. The molecule has 17 heavy (non-hydrogen) atoms. The van der Waals surface area contributed by atoms with Gasteiger partial charge in [0.25, 0.3) is 0 Å². The molecule has 0 spiro atoms. The molecule has 1 amide bonds. The predicted octanol–water partition coefficient (Wildman–Crippen LogP) is 1.86. The number of nitrogens with two attached hydrogens (primary N) is 1. The molecule has 2 aliphatic rings. The molecule has 1 aliphatic carbocycles. The Labute approximate surface area is 108 Å². The highest BCUT2D eigenvalue weighted by Crippen LogP contribution is 2.39. The Morgan fingerprint density at radius 1 is 1.59 bits per heavy atom. The van der Waals surface area contributed by atoms with Crippen LogP contribution in [0.4, 0.5) is 0 Å². The Morgan fingerprint density at radius 2 is 2.35 bits per heavy atom. The van der Waals surface area contributed by atoms with Gasteiger partial charge in [0.05, 0.1) is 5.41 Å². The van der Waals surface area contributed by atoms with Gasteiger partial charge in [-0.1, -0.05) is 13.3 Å². The van der Waals surface area contributed by atoms with Gasteiger partial charge in [-0.3, -0.25) is 4.79 Å². The first-order valence-corrected chi connectivity index (χ1v) is 7.79. The van der Waals surface area contributed by atoms with Crippen LogP contribution in [0.3, 0.4) is 0 Å². The lowest BCUT2D eigenvalue weighted by Crippen LogP contribution is -2.52. The van der Waals surface area contributed by atoms with Crippen LogP contribution < -0.4 is 5.73 Å². The van der Waals surface area contributed by atoms with Crippen LogP contribution in [-0.2, 0) is 4.79 Å². The second-order valence-electron chi connectivity index (χ2n) is 5.57. The molecule has 98 valence electrons. The molecule has 3 atom stereocenters. The summed E-state index contributed by atoms with van der Waals surface area (Å²) in [5.74, 6) is 1.39. The molecule has 0 aromatic rings. The van der Waals surface area contributed by atoms with Crippen molar-refractivity contribution in [3.63, 3.8) is 0 Å². The van der Waals surface area contributed by atoms with Crippen LogP contribution in [-0.4, -0.2) is 40.9 Å². The van der Waals surface area contributed by atoms with Crippen LogP contribution in [0, 0.1) is 5.41 Å². The molecule has 2 N–H and O–H groups in total. The van der Waals surface area contributed by atoms with Crippen molar-refractivity contribution < 1.29 is 4.79 Å². The SMILES string of the molecule is CCC1CN(C(=O)C2(C)CCCC2N)CCS1. The highest BCUT2D eigenvalue weighted by molar-refractivity contribution is 8.00. The molecule has 1 heterocycles. The van der Waals surface area contributed by atoms with Crippen molar-refractivity contribution >= 4 is 17.7 Å². The van der Waals surface area contributed by atoms with Gasteiger partial charge in [-0.05, 0) is 26.2 Å². The van der Waals surface area contributed by atoms with E-state index in [2.05, 4.69) is 18.7 Å². The van der Waals surface area contributed by atoms with Crippen LogP contribution in [0.25, 0.3) is 0 Å². The number of hydrogen-bond donors (Lipinski definition) is 1. The maximum atomic E-state index is 12.6. The van der Waals surface area contributed by atoms with Crippen LogP contribution in [0.1, 0.15) is 39.5 Å². The molecule has 1 saturated heterocycles. The quantitative estimate of drug-likeness (QED) is 0.820. The highest BCUT2D eigenvalue weighted by atomic mass is 32.2. The molecule has 1 saturated carbocycles. The van der Waals surface area contributed by atoms with Crippen LogP contribution in [0.5, 0.6) is 0 Å². The van der Waals surface area contributed by atoms with Gasteiger partial charge in [0.2, 0.25) is 5.91 Å². The molecule has 0 bridgehead atoms. The second kappa shape index (κ2) is 5.19. The van der Waals surface area contributed by atoms with E-state index in [1.165, 1.54) is 0 Å². The largest absolute Gasteiger partial charge is 0.340 e. The fourth-order valence-electron chi connectivity index (χ4n) is 2.97. The fourth-order valence-corrected chi connectivity index (χ4v) is 4.15. The normalized spacial score (nSPS) is 38.4. The van der Waals surface area contributed by atoms with Gasteiger partial charge >= 0.3 is 0 Å². The summed E-state index contributed by atoms with van der Waals surface area (Å²) in [5, 5.41) is 0.619. The van der Waals surface area contributed by atoms with E-state index in [1.807, 2.05) is 11.8 Å². The maximum absolute atomic E-state index is 12.6.